The second kappa shape index (κ2) is 3.17. The fourth-order valence-electron chi connectivity index (χ4n) is 0.725. The van der Waals surface area contributed by atoms with Crippen LogP contribution in [0.3, 0.4) is 0 Å². The quantitative estimate of drug-likeness (QED) is 0.637. The Balaban J connectivity index is 2.05. The van der Waals surface area contributed by atoms with Crippen LogP contribution in [-0.2, 0) is 0 Å². The zero-order valence-corrected chi connectivity index (χ0v) is 7.68. The molecule has 1 fully saturated rings. The number of nitrogens with one attached hydrogen (secondary N) is 1. The molecule has 2 unspecified atom stereocenters. The maximum absolute atomic E-state index is 3.46. The molecule has 0 aromatic heterocycles. The second-order valence-corrected chi connectivity index (χ2v) is 5.05. The molecule has 1 heterocycles. The molecule has 0 amide bonds. The normalized spacial score (nSPS) is 33.3. The van der Waals surface area contributed by atoms with Crippen molar-refractivity contribution in [3.05, 3.63) is 0 Å². The molecule has 1 rings (SSSR count). The molecule has 54 valence electrons. The van der Waals surface area contributed by atoms with Crippen LogP contribution in [0, 0.1) is 0 Å². The van der Waals surface area contributed by atoms with Crippen molar-refractivity contribution in [2.75, 3.05) is 6.26 Å². The van der Waals surface area contributed by atoms with Gasteiger partial charge in [-0.3, -0.25) is 0 Å². The summed E-state index contributed by atoms with van der Waals surface area (Å²) in [5.41, 5.74) is 0. The molecule has 0 bridgehead atoms. The minimum absolute atomic E-state index is 0.639. The van der Waals surface area contributed by atoms with Crippen molar-refractivity contribution >= 4 is 23.5 Å². The van der Waals surface area contributed by atoms with E-state index in [9.17, 15) is 0 Å². The highest BCUT2D eigenvalue weighted by atomic mass is 32.2. The first-order valence-electron chi connectivity index (χ1n) is 3.18. The van der Waals surface area contributed by atoms with Gasteiger partial charge in [-0.05, 0) is 20.1 Å². The van der Waals surface area contributed by atoms with E-state index in [4.69, 9.17) is 0 Å². The third-order valence-corrected chi connectivity index (χ3v) is 3.93. The molecule has 0 spiro atoms. The Kier molecular flexibility index (Phi) is 2.73. The van der Waals surface area contributed by atoms with Crippen LogP contribution in [0.4, 0.5) is 0 Å². The van der Waals surface area contributed by atoms with Crippen molar-refractivity contribution in [2.24, 2.45) is 0 Å². The van der Waals surface area contributed by atoms with Crippen molar-refractivity contribution < 1.29 is 0 Å². The summed E-state index contributed by atoms with van der Waals surface area (Å²) in [4.78, 5) is 0. The molecule has 1 N–H and O–H groups in total. The van der Waals surface area contributed by atoms with Gasteiger partial charge < -0.3 is 5.32 Å². The first kappa shape index (κ1) is 7.76. The Morgan fingerprint density at radius 3 is 2.56 bits per heavy atom. The molecule has 3 heteroatoms. The fourth-order valence-corrected chi connectivity index (χ4v) is 2.81. The number of rotatable bonds is 3. The molecule has 9 heavy (non-hydrogen) atoms. The third kappa shape index (κ3) is 2.40. The number of hydrogen-bond acceptors (Lipinski definition) is 3. The van der Waals surface area contributed by atoms with Crippen molar-refractivity contribution in [1.29, 1.82) is 0 Å². The van der Waals surface area contributed by atoms with E-state index in [1.165, 1.54) is 0 Å². The van der Waals surface area contributed by atoms with Gasteiger partial charge in [0, 0.05) is 6.04 Å². The summed E-state index contributed by atoms with van der Waals surface area (Å²) in [6.07, 6.45) is 2.17. The van der Waals surface area contributed by atoms with E-state index in [1.54, 1.807) is 0 Å². The molecule has 0 aliphatic carbocycles. The standard InChI is InChI=1S/C6H13NS2/c1-4(2)7-5-6(8-3)9-5/h4-7H,1-3H3. The minimum Gasteiger partial charge on any atom is -0.301 e. The molecular weight excluding hydrogens is 150 g/mol. The Labute approximate surface area is 65.4 Å². The Morgan fingerprint density at radius 1 is 1.56 bits per heavy atom. The van der Waals surface area contributed by atoms with E-state index in [-0.39, 0.29) is 0 Å². The van der Waals surface area contributed by atoms with Gasteiger partial charge in [-0.15, -0.1) is 23.5 Å². The molecule has 0 saturated carbocycles. The van der Waals surface area contributed by atoms with Gasteiger partial charge in [0.05, 0.1) is 9.96 Å². The smallest absolute Gasteiger partial charge is 0.0762 e. The molecule has 1 aliphatic heterocycles. The lowest BCUT2D eigenvalue weighted by Crippen LogP contribution is -2.26. The Hall–Kier alpha value is 0.660. The van der Waals surface area contributed by atoms with Gasteiger partial charge in [-0.2, -0.15) is 0 Å². The van der Waals surface area contributed by atoms with Gasteiger partial charge in [0.15, 0.2) is 0 Å². The molecule has 1 nitrogen and oxygen atoms in total. The average Bonchev–Trinajstić information content (AvgIpc) is 2.45. The third-order valence-electron chi connectivity index (χ3n) is 1.18. The zero-order valence-electron chi connectivity index (χ0n) is 6.05. The highest BCUT2D eigenvalue weighted by Gasteiger charge is 2.37. The van der Waals surface area contributed by atoms with Crippen LogP contribution >= 0.6 is 23.5 Å². The van der Waals surface area contributed by atoms with E-state index in [1.807, 2.05) is 23.5 Å². The molecule has 0 aromatic carbocycles. The lowest BCUT2D eigenvalue weighted by atomic mass is 10.4. The second-order valence-electron chi connectivity index (χ2n) is 2.48. The Morgan fingerprint density at radius 2 is 2.22 bits per heavy atom. The molecule has 0 radical (unpaired) electrons. The van der Waals surface area contributed by atoms with Crippen molar-refractivity contribution in [3.63, 3.8) is 0 Å². The molecule has 2 atom stereocenters. The van der Waals surface area contributed by atoms with Gasteiger partial charge in [0.1, 0.15) is 0 Å². The first-order valence-corrected chi connectivity index (χ1v) is 5.41. The lowest BCUT2D eigenvalue weighted by molar-refractivity contribution is 0.607. The van der Waals surface area contributed by atoms with Crippen LogP contribution in [0.1, 0.15) is 13.8 Å². The summed E-state index contributed by atoms with van der Waals surface area (Å²) >= 11 is 3.96. The summed E-state index contributed by atoms with van der Waals surface area (Å²) in [6, 6.07) is 0.639. The van der Waals surface area contributed by atoms with Gasteiger partial charge in [0.25, 0.3) is 0 Å². The van der Waals surface area contributed by atoms with Gasteiger partial charge in [-0.1, -0.05) is 0 Å². The molecule has 0 aromatic rings. The van der Waals surface area contributed by atoms with E-state index >= 15 is 0 Å². The summed E-state index contributed by atoms with van der Waals surface area (Å²) in [7, 11) is 0. The van der Waals surface area contributed by atoms with Gasteiger partial charge >= 0.3 is 0 Å². The summed E-state index contributed by atoms with van der Waals surface area (Å²) in [5, 5.41) is 4.20. The predicted octanol–water partition coefficient (Wildman–Crippen LogP) is 1.75. The lowest BCUT2D eigenvalue weighted by Gasteiger charge is -2.03. The van der Waals surface area contributed by atoms with E-state index in [0.29, 0.717) is 6.04 Å². The summed E-state index contributed by atoms with van der Waals surface area (Å²) < 4.78 is 0.826. The average molecular weight is 163 g/mol. The summed E-state index contributed by atoms with van der Waals surface area (Å²) in [6.45, 7) is 4.38. The highest BCUT2D eigenvalue weighted by Crippen LogP contribution is 2.46. The maximum atomic E-state index is 3.46. The van der Waals surface area contributed by atoms with Crippen LogP contribution in [0.5, 0.6) is 0 Å². The number of thioether (sulfide) groups is 2. The Bertz CT molecular complexity index is 95.1. The van der Waals surface area contributed by atoms with Crippen LogP contribution in [0.25, 0.3) is 0 Å². The SMILES string of the molecule is CSC1SC1NC(C)C. The monoisotopic (exact) mass is 163 g/mol. The molecule has 1 saturated heterocycles. The van der Waals surface area contributed by atoms with Gasteiger partial charge in [-0.25, -0.2) is 0 Å². The maximum Gasteiger partial charge on any atom is 0.0762 e. The number of hydrogen-bond donors (Lipinski definition) is 1. The molecule has 1 aliphatic rings. The van der Waals surface area contributed by atoms with Crippen LogP contribution < -0.4 is 5.32 Å². The fraction of sp³-hybridized carbons (Fsp3) is 1.00. The van der Waals surface area contributed by atoms with E-state index in [2.05, 4.69) is 25.4 Å². The van der Waals surface area contributed by atoms with E-state index < -0.39 is 0 Å². The van der Waals surface area contributed by atoms with Crippen LogP contribution in [-0.4, -0.2) is 22.3 Å². The van der Waals surface area contributed by atoms with E-state index in [0.717, 1.165) is 9.96 Å². The van der Waals surface area contributed by atoms with Crippen molar-refractivity contribution in [3.8, 4) is 0 Å². The predicted molar refractivity (Wildman–Crippen MR) is 47.0 cm³/mol. The minimum atomic E-state index is 0.639. The first-order chi connectivity index (χ1) is 4.24. The van der Waals surface area contributed by atoms with Crippen molar-refractivity contribution in [2.45, 2.75) is 29.8 Å². The zero-order chi connectivity index (χ0) is 6.85. The largest absolute Gasteiger partial charge is 0.301 e. The van der Waals surface area contributed by atoms with Gasteiger partial charge in [0.2, 0.25) is 0 Å². The van der Waals surface area contributed by atoms with Crippen molar-refractivity contribution in [1.82, 2.24) is 5.32 Å². The van der Waals surface area contributed by atoms with Crippen LogP contribution in [0.2, 0.25) is 0 Å². The highest BCUT2D eigenvalue weighted by molar-refractivity contribution is 8.23. The topological polar surface area (TPSA) is 12.0 Å². The molecular formula is C6H13NS2. The van der Waals surface area contributed by atoms with Crippen LogP contribution in [0.15, 0.2) is 0 Å². The summed E-state index contributed by atoms with van der Waals surface area (Å²) in [5.74, 6) is 0.